The van der Waals surface area contributed by atoms with Crippen LogP contribution in [0.4, 0.5) is 4.79 Å². The number of carbonyl (C=O) groups is 3. The predicted molar refractivity (Wildman–Crippen MR) is 113 cm³/mol. The van der Waals surface area contributed by atoms with E-state index >= 15 is 0 Å². The molecular formula is C23H28N2O5. The summed E-state index contributed by atoms with van der Waals surface area (Å²) in [6.07, 6.45) is 0.0374. The molecule has 160 valence electrons. The summed E-state index contributed by atoms with van der Waals surface area (Å²) < 4.78 is 5.21. The van der Waals surface area contributed by atoms with Gasteiger partial charge in [0.05, 0.1) is 0 Å². The lowest BCUT2D eigenvalue weighted by Crippen LogP contribution is -2.54. The molecule has 7 nitrogen and oxygen atoms in total. The number of carbonyl (C=O) groups excluding carboxylic acids is 2. The van der Waals surface area contributed by atoms with E-state index in [2.05, 4.69) is 10.6 Å². The van der Waals surface area contributed by atoms with Gasteiger partial charge in [0.25, 0.3) is 0 Å². The van der Waals surface area contributed by atoms with Crippen LogP contribution in [0.2, 0.25) is 0 Å². The Balaban J connectivity index is 2.00. The summed E-state index contributed by atoms with van der Waals surface area (Å²) >= 11 is 0. The molecule has 2 rings (SSSR count). The number of amides is 2. The molecule has 0 fully saturated rings. The molecule has 3 unspecified atom stereocenters. The van der Waals surface area contributed by atoms with Gasteiger partial charge in [-0.05, 0) is 17.0 Å². The van der Waals surface area contributed by atoms with Crippen molar-refractivity contribution in [1.29, 1.82) is 0 Å². The summed E-state index contributed by atoms with van der Waals surface area (Å²) in [5.41, 5.74) is 1.62. The van der Waals surface area contributed by atoms with Crippen LogP contribution in [0.15, 0.2) is 60.7 Å². The molecule has 0 aliphatic heterocycles. The minimum atomic E-state index is -1.14. The van der Waals surface area contributed by atoms with Gasteiger partial charge in [-0.25, -0.2) is 9.59 Å². The molecule has 3 N–H and O–H groups in total. The first-order valence-electron chi connectivity index (χ1n) is 9.95. The first-order valence-corrected chi connectivity index (χ1v) is 9.95. The van der Waals surface area contributed by atoms with Crippen LogP contribution in [-0.2, 0) is 27.4 Å². The highest BCUT2D eigenvalue weighted by Gasteiger charge is 2.30. The number of alkyl carbamates (subject to hydrolysis) is 1. The van der Waals surface area contributed by atoms with Gasteiger partial charge in [0.1, 0.15) is 18.7 Å². The van der Waals surface area contributed by atoms with Crippen molar-refractivity contribution in [3.63, 3.8) is 0 Å². The number of benzene rings is 2. The minimum absolute atomic E-state index is 0.0767. The topological polar surface area (TPSA) is 105 Å². The zero-order valence-corrected chi connectivity index (χ0v) is 17.2. The van der Waals surface area contributed by atoms with Gasteiger partial charge < -0.3 is 20.5 Å². The van der Waals surface area contributed by atoms with Crippen LogP contribution in [0.3, 0.4) is 0 Å². The molecule has 2 aromatic carbocycles. The van der Waals surface area contributed by atoms with E-state index in [9.17, 15) is 19.5 Å². The van der Waals surface area contributed by atoms with Crippen molar-refractivity contribution in [2.75, 3.05) is 0 Å². The lowest BCUT2D eigenvalue weighted by molar-refractivity contribution is -0.142. The van der Waals surface area contributed by atoms with Crippen molar-refractivity contribution >= 4 is 18.0 Å². The van der Waals surface area contributed by atoms with Crippen LogP contribution in [0.5, 0.6) is 0 Å². The molecule has 0 radical (unpaired) electrons. The highest BCUT2D eigenvalue weighted by molar-refractivity contribution is 5.89. The predicted octanol–water partition coefficient (Wildman–Crippen LogP) is 3.14. The van der Waals surface area contributed by atoms with Gasteiger partial charge >= 0.3 is 12.1 Å². The Morgan fingerprint density at radius 1 is 0.933 bits per heavy atom. The zero-order valence-electron chi connectivity index (χ0n) is 17.2. The Labute approximate surface area is 176 Å². The fraction of sp³-hybridized carbons (Fsp3) is 0.348. The van der Waals surface area contributed by atoms with Crippen molar-refractivity contribution in [3.05, 3.63) is 71.8 Å². The molecular weight excluding hydrogens is 384 g/mol. The highest BCUT2D eigenvalue weighted by atomic mass is 16.5. The number of ether oxygens (including phenoxy) is 1. The molecule has 3 atom stereocenters. The molecule has 0 spiro atoms. The fourth-order valence-corrected chi connectivity index (χ4v) is 2.91. The Morgan fingerprint density at radius 2 is 1.50 bits per heavy atom. The van der Waals surface area contributed by atoms with Gasteiger partial charge in [-0.15, -0.1) is 0 Å². The molecule has 30 heavy (non-hydrogen) atoms. The number of hydrogen-bond acceptors (Lipinski definition) is 4. The van der Waals surface area contributed by atoms with Crippen LogP contribution in [-0.4, -0.2) is 35.2 Å². The second-order valence-corrected chi connectivity index (χ2v) is 7.16. The average molecular weight is 412 g/mol. The van der Waals surface area contributed by atoms with Crippen molar-refractivity contribution < 1.29 is 24.2 Å². The average Bonchev–Trinajstić information content (AvgIpc) is 2.76. The van der Waals surface area contributed by atoms with Crippen LogP contribution >= 0.6 is 0 Å². The lowest BCUT2D eigenvalue weighted by Gasteiger charge is -2.25. The van der Waals surface area contributed by atoms with Gasteiger partial charge in [0, 0.05) is 6.42 Å². The van der Waals surface area contributed by atoms with Gasteiger partial charge in [-0.1, -0.05) is 80.9 Å². The number of hydrogen-bond donors (Lipinski definition) is 3. The maximum atomic E-state index is 12.8. The maximum absolute atomic E-state index is 12.8. The third-order valence-electron chi connectivity index (χ3n) is 4.88. The van der Waals surface area contributed by atoms with E-state index < -0.39 is 30.1 Å². The summed E-state index contributed by atoms with van der Waals surface area (Å²) in [6.45, 7) is 3.78. The monoisotopic (exact) mass is 412 g/mol. The second kappa shape index (κ2) is 11.6. The Kier molecular flexibility index (Phi) is 8.87. The zero-order chi connectivity index (χ0) is 21.9. The lowest BCUT2D eigenvalue weighted by atomic mass is 9.97. The third-order valence-corrected chi connectivity index (χ3v) is 4.88. The van der Waals surface area contributed by atoms with Gasteiger partial charge in [0.15, 0.2) is 0 Å². The molecule has 0 saturated carbocycles. The number of rotatable bonds is 10. The largest absolute Gasteiger partial charge is 0.480 e. The molecule has 0 saturated heterocycles. The highest BCUT2D eigenvalue weighted by Crippen LogP contribution is 2.11. The SMILES string of the molecule is CCC(C)C(NC(=O)OCc1ccccc1)C(=O)NC(Cc1ccccc1)C(=O)O. The standard InChI is InChI=1S/C23H28N2O5/c1-3-16(2)20(25-23(29)30-15-18-12-8-5-9-13-18)21(26)24-19(22(27)28)14-17-10-6-4-7-11-17/h4-13,16,19-20H,3,14-15H2,1-2H3,(H,24,26)(H,25,29)(H,27,28). The molecule has 0 aliphatic carbocycles. The van der Waals surface area contributed by atoms with E-state index in [0.717, 1.165) is 11.1 Å². The van der Waals surface area contributed by atoms with Crippen molar-refractivity contribution in [1.82, 2.24) is 10.6 Å². The van der Waals surface area contributed by atoms with Crippen molar-refractivity contribution in [3.8, 4) is 0 Å². The van der Waals surface area contributed by atoms with Crippen LogP contribution in [0, 0.1) is 5.92 Å². The smallest absolute Gasteiger partial charge is 0.408 e. The first kappa shape index (κ1) is 22.9. The van der Waals surface area contributed by atoms with Crippen LogP contribution in [0.25, 0.3) is 0 Å². The summed E-state index contributed by atoms with van der Waals surface area (Å²) in [5.74, 6) is -1.90. The van der Waals surface area contributed by atoms with E-state index in [0.29, 0.717) is 6.42 Å². The maximum Gasteiger partial charge on any atom is 0.408 e. The van der Waals surface area contributed by atoms with Crippen molar-refractivity contribution in [2.24, 2.45) is 5.92 Å². The normalized spacial score (nSPS) is 13.5. The molecule has 0 bridgehead atoms. The number of carboxylic acids is 1. The third kappa shape index (κ3) is 7.24. The summed E-state index contributed by atoms with van der Waals surface area (Å²) in [6, 6.07) is 16.2. The Morgan fingerprint density at radius 3 is 2.03 bits per heavy atom. The van der Waals surface area contributed by atoms with E-state index in [4.69, 9.17) is 4.74 Å². The van der Waals surface area contributed by atoms with Gasteiger partial charge in [0.2, 0.25) is 5.91 Å². The number of carboxylic acid groups (broad SMARTS) is 1. The van der Waals surface area contributed by atoms with Crippen molar-refractivity contribution in [2.45, 2.75) is 45.4 Å². The number of aliphatic carboxylic acids is 1. The van der Waals surface area contributed by atoms with E-state index in [1.54, 1.807) is 12.1 Å². The van der Waals surface area contributed by atoms with Gasteiger partial charge in [-0.2, -0.15) is 0 Å². The summed E-state index contributed by atoms with van der Waals surface area (Å²) in [7, 11) is 0. The molecule has 7 heteroatoms. The summed E-state index contributed by atoms with van der Waals surface area (Å²) in [4.78, 5) is 36.7. The second-order valence-electron chi connectivity index (χ2n) is 7.16. The quantitative estimate of drug-likeness (QED) is 0.556. The minimum Gasteiger partial charge on any atom is -0.480 e. The molecule has 0 heterocycles. The molecule has 0 aliphatic rings. The Bertz CT molecular complexity index is 826. The molecule has 2 aromatic rings. The molecule has 0 aromatic heterocycles. The van der Waals surface area contributed by atoms with Crippen LogP contribution < -0.4 is 10.6 Å². The van der Waals surface area contributed by atoms with Gasteiger partial charge in [-0.3, -0.25) is 4.79 Å². The Hall–Kier alpha value is -3.35. The summed E-state index contributed by atoms with van der Waals surface area (Å²) in [5, 5.41) is 14.7. The van der Waals surface area contributed by atoms with Crippen LogP contribution in [0.1, 0.15) is 31.4 Å². The van der Waals surface area contributed by atoms with E-state index in [-0.39, 0.29) is 18.9 Å². The van der Waals surface area contributed by atoms with E-state index in [1.807, 2.05) is 62.4 Å². The number of nitrogens with one attached hydrogen (secondary N) is 2. The van der Waals surface area contributed by atoms with E-state index in [1.165, 1.54) is 0 Å². The molecule has 2 amide bonds. The fourth-order valence-electron chi connectivity index (χ4n) is 2.91. The first-order chi connectivity index (χ1) is 14.4.